The Bertz CT molecular complexity index is 618. The van der Waals surface area contributed by atoms with Crippen LogP contribution in [-0.4, -0.2) is 77.9 Å². The predicted molar refractivity (Wildman–Crippen MR) is 129 cm³/mol. The van der Waals surface area contributed by atoms with Crippen molar-refractivity contribution in [2.45, 2.75) is 47.2 Å². The van der Waals surface area contributed by atoms with E-state index in [9.17, 15) is 0 Å². The van der Waals surface area contributed by atoms with Crippen molar-refractivity contribution < 1.29 is 0 Å². The van der Waals surface area contributed by atoms with Crippen LogP contribution in [-0.2, 0) is 13.6 Å². The molecule has 0 aromatic carbocycles. The van der Waals surface area contributed by atoms with E-state index in [2.05, 4.69) is 67.2 Å². The molecule has 1 saturated heterocycles. The quantitative estimate of drug-likeness (QED) is 0.337. The molecule has 162 valence electrons. The number of nitrogens with zero attached hydrogens (tertiary/aromatic N) is 5. The Morgan fingerprint density at radius 1 is 1.11 bits per heavy atom. The summed E-state index contributed by atoms with van der Waals surface area (Å²) in [5.74, 6) is 1.49. The number of aromatic nitrogens is 2. The average Bonchev–Trinajstić information content (AvgIpc) is 2.86. The van der Waals surface area contributed by atoms with Crippen LogP contribution in [0.5, 0.6) is 0 Å². The second kappa shape index (κ2) is 12.0. The van der Waals surface area contributed by atoms with Crippen LogP contribution >= 0.6 is 24.0 Å². The van der Waals surface area contributed by atoms with Gasteiger partial charge in [-0.2, -0.15) is 5.10 Å². The monoisotopic (exact) mass is 505 g/mol. The fourth-order valence-electron chi connectivity index (χ4n) is 3.69. The molecule has 0 spiro atoms. The molecule has 28 heavy (non-hydrogen) atoms. The van der Waals surface area contributed by atoms with Crippen molar-refractivity contribution in [3.63, 3.8) is 0 Å². The molecule has 0 amide bonds. The topological polar surface area (TPSA) is 60.7 Å². The summed E-state index contributed by atoms with van der Waals surface area (Å²) in [5.41, 5.74) is 3.46. The summed E-state index contributed by atoms with van der Waals surface area (Å²) in [5, 5.41) is 11.5. The molecule has 0 saturated carbocycles. The van der Waals surface area contributed by atoms with E-state index in [1.54, 1.807) is 0 Å². The minimum Gasteiger partial charge on any atom is -0.357 e. The highest BCUT2D eigenvalue weighted by atomic mass is 127. The molecule has 8 heteroatoms. The van der Waals surface area contributed by atoms with Crippen molar-refractivity contribution in [2.24, 2.45) is 18.0 Å². The summed E-state index contributed by atoms with van der Waals surface area (Å²) in [4.78, 5) is 9.85. The van der Waals surface area contributed by atoms with Crippen molar-refractivity contribution in [1.29, 1.82) is 0 Å². The number of nitrogens with one attached hydrogen (secondary N) is 2. The Hall–Kier alpha value is -0.870. The van der Waals surface area contributed by atoms with E-state index in [0.717, 1.165) is 50.9 Å². The van der Waals surface area contributed by atoms with Crippen LogP contribution in [0.2, 0.25) is 0 Å². The summed E-state index contributed by atoms with van der Waals surface area (Å²) >= 11 is 0. The van der Waals surface area contributed by atoms with E-state index < -0.39 is 0 Å². The zero-order valence-electron chi connectivity index (χ0n) is 18.7. The van der Waals surface area contributed by atoms with E-state index in [0.29, 0.717) is 18.5 Å². The second-order valence-electron chi connectivity index (χ2n) is 8.00. The Morgan fingerprint density at radius 2 is 1.75 bits per heavy atom. The van der Waals surface area contributed by atoms with Crippen LogP contribution in [0.25, 0.3) is 0 Å². The fraction of sp³-hybridized carbons (Fsp3) is 0.800. The normalized spacial score (nSPS) is 17.5. The number of halogens is 1. The minimum atomic E-state index is 0. The van der Waals surface area contributed by atoms with Gasteiger partial charge in [-0.3, -0.25) is 9.58 Å². The third-order valence-corrected chi connectivity index (χ3v) is 5.65. The maximum Gasteiger partial charge on any atom is 0.191 e. The molecule has 1 aromatic heterocycles. The average molecular weight is 505 g/mol. The molecule has 1 aromatic rings. The van der Waals surface area contributed by atoms with Crippen LogP contribution in [0.4, 0.5) is 0 Å². The lowest BCUT2D eigenvalue weighted by Crippen LogP contribution is -2.55. The summed E-state index contributed by atoms with van der Waals surface area (Å²) in [6.45, 7) is 17.9. The molecule has 2 rings (SSSR count). The molecule has 1 aliphatic heterocycles. The smallest absolute Gasteiger partial charge is 0.191 e. The maximum atomic E-state index is 4.82. The van der Waals surface area contributed by atoms with Crippen LogP contribution in [0.1, 0.15) is 37.7 Å². The van der Waals surface area contributed by atoms with Gasteiger partial charge in [0, 0.05) is 63.6 Å². The van der Waals surface area contributed by atoms with Gasteiger partial charge in [0.2, 0.25) is 0 Å². The lowest BCUT2D eigenvalue weighted by Gasteiger charge is -2.40. The molecule has 1 aliphatic rings. The predicted octanol–water partition coefficient (Wildman–Crippen LogP) is 1.98. The van der Waals surface area contributed by atoms with Crippen molar-refractivity contribution in [2.75, 3.05) is 46.3 Å². The molecule has 2 N–H and O–H groups in total. The molecule has 2 heterocycles. The zero-order valence-corrected chi connectivity index (χ0v) is 21.1. The third kappa shape index (κ3) is 6.88. The molecule has 0 aliphatic carbocycles. The molecular weight excluding hydrogens is 465 g/mol. The van der Waals surface area contributed by atoms with E-state index in [4.69, 9.17) is 4.99 Å². The van der Waals surface area contributed by atoms with Gasteiger partial charge in [-0.15, -0.1) is 24.0 Å². The Labute approximate surface area is 188 Å². The molecule has 0 radical (unpaired) electrons. The van der Waals surface area contributed by atoms with Gasteiger partial charge in [0.05, 0.1) is 12.2 Å². The SMILES string of the molecule is CCNC(=NCc1c(C)nn(C)c1C)NCC(C(C)C)N1CCN(C)CC1.I. The van der Waals surface area contributed by atoms with Gasteiger partial charge in [0.1, 0.15) is 0 Å². The fourth-order valence-corrected chi connectivity index (χ4v) is 3.69. The van der Waals surface area contributed by atoms with Crippen LogP contribution < -0.4 is 10.6 Å². The van der Waals surface area contributed by atoms with Gasteiger partial charge in [0.15, 0.2) is 5.96 Å². The van der Waals surface area contributed by atoms with E-state index in [1.807, 2.05) is 11.7 Å². The summed E-state index contributed by atoms with van der Waals surface area (Å²) in [7, 11) is 4.20. The highest BCUT2D eigenvalue weighted by Crippen LogP contribution is 2.14. The number of piperazine rings is 1. The maximum absolute atomic E-state index is 4.82. The van der Waals surface area contributed by atoms with Crippen molar-refractivity contribution >= 4 is 29.9 Å². The first-order valence-corrected chi connectivity index (χ1v) is 10.3. The number of rotatable bonds is 7. The number of hydrogen-bond acceptors (Lipinski definition) is 4. The molecule has 0 bridgehead atoms. The number of guanidine groups is 1. The molecule has 1 unspecified atom stereocenters. The first-order chi connectivity index (χ1) is 12.8. The van der Waals surface area contributed by atoms with Gasteiger partial charge in [-0.25, -0.2) is 4.99 Å². The van der Waals surface area contributed by atoms with E-state index in [-0.39, 0.29) is 24.0 Å². The van der Waals surface area contributed by atoms with Crippen molar-refractivity contribution in [3.05, 3.63) is 17.0 Å². The van der Waals surface area contributed by atoms with Crippen LogP contribution in [0.3, 0.4) is 0 Å². The van der Waals surface area contributed by atoms with Gasteiger partial charge < -0.3 is 15.5 Å². The van der Waals surface area contributed by atoms with Gasteiger partial charge in [0.25, 0.3) is 0 Å². The standard InChI is InChI=1S/C20H39N7.HI/c1-8-21-20(22-13-18-16(4)24-26(7)17(18)5)23-14-19(15(2)3)27-11-9-25(6)10-12-27;/h15,19H,8-14H2,1-7H3,(H2,21,22,23);1H. The largest absolute Gasteiger partial charge is 0.357 e. The Morgan fingerprint density at radius 3 is 2.25 bits per heavy atom. The lowest BCUT2D eigenvalue weighted by atomic mass is 10.0. The first-order valence-electron chi connectivity index (χ1n) is 10.3. The first kappa shape index (κ1) is 25.2. The van der Waals surface area contributed by atoms with Gasteiger partial charge in [-0.1, -0.05) is 13.8 Å². The number of aryl methyl sites for hydroxylation is 2. The molecule has 1 fully saturated rings. The summed E-state index contributed by atoms with van der Waals surface area (Å²) < 4.78 is 1.93. The third-order valence-electron chi connectivity index (χ3n) is 5.65. The van der Waals surface area contributed by atoms with Crippen molar-refractivity contribution in [1.82, 2.24) is 30.2 Å². The van der Waals surface area contributed by atoms with Crippen LogP contribution in [0, 0.1) is 19.8 Å². The van der Waals surface area contributed by atoms with Crippen molar-refractivity contribution in [3.8, 4) is 0 Å². The van der Waals surface area contributed by atoms with Gasteiger partial charge in [-0.05, 0) is 33.7 Å². The number of likely N-dealkylation sites (N-methyl/N-ethyl adjacent to an activating group) is 1. The molecule has 7 nitrogen and oxygen atoms in total. The minimum absolute atomic E-state index is 0. The molecule has 1 atom stereocenters. The Kier molecular flexibility index (Phi) is 10.8. The number of aliphatic imine (C=N–C) groups is 1. The highest BCUT2D eigenvalue weighted by Gasteiger charge is 2.25. The lowest BCUT2D eigenvalue weighted by molar-refractivity contribution is 0.0900. The summed E-state index contributed by atoms with van der Waals surface area (Å²) in [6.07, 6.45) is 0. The molecular formula is C20H40IN7. The Balaban J connectivity index is 0.00000392. The highest BCUT2D eigenvalue weighted by molar-refractivity contribution is 14.0. The van der Waals surface area contributed by atoms with E-state index in [1.165, 1.54) is 11.3 Å². The van der Waals surface area contributed by atoms with Gasteiger partial charge >= 0.3 is 0 Å². The second-order valence-corrected chi connectivity index (χ2v) is 8.00. The number of hydrogen-bond donors (Lipinski definition) is 2. The van der Waals surface area contributed by atoms with E-state index >= 15 is 0 Å². The summed E-state index contributed by atoms with van der Waals surface area (Å²) in [6, 6.07) is 0.518. The zero-order chi connectivity index (χ0) is 20.0. The van der Waals surface area contributed by atoms with Crippen LogP contribution in [0.15, 0.2) is 4.99 Å².